The van der Waals surface area contributed by atoms with Gasteiger partial charge in [-0.2, -0.15) is 5.10 Å². The van der Waals surface area contributed by atoms with Crippen LogP contribution < -0.4 is 5.32 Å². The van der Waals surface area contributed by atoms with Crippen LogP contribution >= 0.6 is 0 Å². The summed E-state index contributed by atoms with van der Waals surface area (Å²) in [6.45, 7) is 9.44. The van der Waals surface area contributed by atoms with Gasteiger partial charge in [-0.25, -0.2) is 0 Å². The van der Waals surface area contributed by atoms with Crippen molar-refractivity contribution in [1.29, 1.82) is 0 Å². The molecule has 1 aliphatic rings. The van der Waals surface area contributed by atoms with E-state index < -0.39 is 0 Å². The van der Waals surface area contributed by atoms with Crippen molar-refractivity contribution in [2.24, 2.45) is 5.92 Å². The minimum Gasteiger partial charge on any atom is -0.378 e. The normalized spacial score (nSPS) is 24.8. The fourth-order valence-electron chi connectivity index (χ4n) is 3.09. The number of aromatic nitrogens is 2. The Kier molecular flexibility index (Phi) is 5.40. The lowest BCUT2D eigenvalue weighted by molar-refractivity contribution is 0.0776. The van der Waals surface area contributed by atoms with Gasteiger partial charge in [-0.1, -0.05) is 20.8 Å². The minimum atomic E-state index is 0.378. The van der Waals surface area contributed by atoms with Crippen LogP contribution in [0.15, 0.2) is 12.4 Å². The highest BCUT2D eigenvalue weighted by molar-refractivity contribution is 5.13. The Morgan fingerprint density at radius 3 is 3.00 bits per heavy atom. The summed E-state index contributed by atoms with van der Waals surface area (Å²) < 4.78 is 7.90. The summed E-state index contributed by atoms with van der Waals surface area (Å²) in [5, 5.41) is 8.09. The van der Waals surface area contributed by atoms with Gasteiger partial charge in [-0.05, 0) is 25.8 Å². The van der Waals surface area contributed by atoms with E-state index in [9.17, 15) is 0 Å². The number of hydrogen-bond acceptors (Lipinski definition) is 3. The molecule has 0 amide bonds. The van der Waals surface area contributed by atoms with E-state index in [0.717, 1.165) is 39.0 Å². The standard InChI is InChI=1S/C15H27N3O/c1-4-8-18-11-12(10-17-18)15(16-6-3)13-7-9-19-14(13)5-2/h10-11,13-16H,4-9H2,1-3H3. The van der Waals surface area contributed by atoms with Crippen LogP contribution in [-0.4, -0.2) is 29.0 Å². The number of rotatable bonds is 7. The topological polar surface area (TPSA) is 39.1 Å². The molecule has 4 nitrogen and oxygen atoms in total. The lowest BCUT2D eigenvalue weighted by Gasteiger charge is -2.27. The van der Waals surface area contributed by atoms with Gasteiger partial charge >= 0.3 is 0 Å². The largest absolute Gasteiger partial charge is 0.378 e. The molecule has 0 radical (unpaired) electrons. The number of nitrogens with zero attached hydrogens (tertiary/aromatic N) is 2. The van der Waals surface area contributed by atoms with Crippen LogP contribution in [0.3, 0.4) is 0 Å². The highest BCUT2D eigenvalue weighted by Gasteiger charge is 2.34. The summed E-state index contributed by atoms with van der Waals surface area (Å²) >= 11 is 0. The molecule has 0 spiro atoms. The minimum absolute atomic E-state index is 0.378. The number of nitrogens with one attached hydrogen (secondary N) is 1. The monoisotopic (exact) mass is 265 g/mol. The van der Waals surface area contributed by atoms with Crippen LogP contribution in [0.4, 0.5) is 0 Å². The fraction of sp³-hybridized carbons (Fsp3) is 0.800. The van der Waals surface area contributed by atoms with Crippen LogP contribution in [-0.2, 0) is 11.3 Å². The van der Waals surface area contributed by atoms with E-state index >= 15 is 0 Å². The molecule has 0 aliphatic carbocycles. The Bertz CT molecular complexity index is 377. The first-order valence-electron chi connectivity index (χ1n) is 7.67. The summed E-state index contributed by atoms with van der Waals surface area (Å²) in [6.07, 6.45) is 7.97. The smallest absolute Gasteiger partial charge is 0.0619 e. The Hall–Kier alpha value is -0.870. The molecule has 1 N–H and O–H groups in total. The molecule has 1 fully saturated rings. The fourth-order valence-corrected chi connectivity index (χ4v) is 3.09. The maximum Gasteiger partial charge on any atom is 0.0619 e. The van der Waals surface area contributed by atoms with Crippen LogP contribution in [0.25, 0.3) is 0 Å². The van der Waals surface area contributed by atoms with Gasteiger partial charge in [0.25, 0.3) is 0 Å². The predicted molar refractivity (Wildman–Crippen MR) is 77.1 cm³/mol. The summed E-state index contributed by atoms with van der Waals surface area (Å²) in [5.41, 5.74) is 1.31. The van der Waals surface area contributed by atoms with Crippen molar-refractivity contribution in [2.45, 2.75) is 58.7 Å². The zero-order valence-corrected chi connectivity index (χ0v) is 12.4. The zero-order valence-electron chi connectivity index (χ0n) is 12.4. The molecule has 2 heterocycles. The van der Waals surface area contributed by atoms with Crippen LogP contribution in [0.5, 0.6) is 0 Å². The van der Waals surface area contributed by atoms with Crippen LogP contribution in [0.2, 0.25) is 0 Å². The SMILES string of the molecule is CCCn1cc(C(NCC)C2CCOC2CC)cn1. The Labute approximate surface area is 116 Å². The van der Waals surface area contributed by atoms with Gasteiger partial charge in [0.2, 0.25) is 0 Å². The van der Waals surface area contributed by atoms with E-state index in [2.05, 4.69) is 42.1 Å². The zero-order chi connectivity index (χ0) is 13.7. The molecular weight excluding hydrogens is 238 g/mol. The lowest BCUT2D eigenvalue weighted by Crippen LogP contribution is -2.32. The van der Waals surface area contributed by atoms with Crippen molar-refractivity contribution >= 4 is 0 Å². The van der Waals surface area contributed by atoms with Crippen LogP contribution in [0, 0.1) is 5.92 Å². The first kappa shape index (κ1) is 14.5. The third-order valence-electron chi connectivity index (χ3n) is 3.98. The molecule has 3 unspecified atom stereocenters. The summed E-state index contributed by atoms with van der Waals surface area (Å²) in [6, 6.07) is 0.378. The molecule has 2 rings (SSSR count). The van der Waals surface area contributed by atoms with Crippen molar-refractivity contribution in [3.8, 4) is 0 Å². The average molecular weight is 265 g/mol. The molecule has 108 valence electrons. The van der Waals surface area contributed by atoms with Crippen molar-refractivity contribution in [2.75, 3.05) is 13.2 Å². The molecule has 0 bridgehead atoms. The molecule has 1 aromatic heterocycles. The maximum atomic E-state index is 5.85. The van der Waals surface area contributed by atoms with Crippen molar-refractivity contribution in [3.63, 3.8) is 0 Å². The van der Waals surface area contributed by atoms with Gasteiger partial charge in [0.1, 0.15) is 0 Å². The first-order valence-corrected chi connectivity index (χ1v) is 7.67. The summed E-state index contributed by atoms with van der Waals surface area (Å²) in [4.78, 5) is 0. The van der Waals surface area contributed by atoms with E-state index in [1.165, 1.54) is 5.56 Å². The van der Waals surface area contributed by atoms with Crippen molar-refractivity contribution in [3.05, 3.63) is 18.0 Å². The second kappa shape index (κ2) is 7.06. The Balaban J connectivity index is 2.13. The van der Waals surface area contributed by atoms with Crippen molar-refractivity contribution in [1.82, 2.24) is 15.1 Å². The van der Waals surface area contributed by atoms with Gasteiger partial charge in [0.05, 0.1) is 12.3 Å². The van der Waals surface area contributed by atoms with Gasteiger partial charge in [-0.15, -0.1) is 0 Å². The number of ether oxygens (including phenoxy) is 1. The average Bonchev–Trinajstić information content (AvgIpc) is 3.05. The molecule has 1 saturated heterocycles. The Morgan fingerprint density at radius 2 is 2.32 bits per heavy atom. The molecule has 0 aromatic carbocycles. The lowest BCUT2D eigenvalue weighted by atomic mass is 9.88. The van der Waals surface area contributed by atoms with E-state index in [4.69, 9.17) is 4.74 Å². The third kappa shape index (κ3) is 3.37. The molecular formula is C15H27N3O. The molecule has 1 aliphatic heterocycles. The van der Waals surface area contributed by atoms with E-state index in [-0.39, 0.29) is 0 Å². The van der Waals surface area contributed by atoms with Gasteiger partial charge in [-0.3, -0.25) is 4.68 Å². The molecule has 19 heavy (non-hydrogen) atoms. The first-order chi connectivity index (χ1) is 9.30. The molecule has 0 saturated carbocycles. The van der Waals surface area contributed by atoms with Crippen LogP contribution in [0.1, 0.15) is 51.6 Å². The molecule has 3 atom stereocenters. The quantitative estimate of drug-likeness (QED) is 0.824. The second-order valence-corrected chi connectivity index (χ2v) is 5.34. The predicted octanol–water partition coefficient (Wildman–Crippen LogP) is 2.76. The summed E-state index contributed by atoms with van der Waals surface area (Å²) in [7, 11) is 0. The van der Waals surface area contributed by atoms with E-state index in [1.807, 2.05) is 6.20 Å². The number of hydrogen-bond donors (Lipinski definition) is 1. The molecule has 4 heteroatoms. The second-order valence-electron chi connectivity index (χ2n) is 5.34. The highest BCUT2D eigenvalue weighted by Crippen LogP contribution is 2.34. The van der Waals surface area contributed by atoms with Crippen molar-refractivity contribution < 1.29 is 4.74 Å². The molecule has 1 aromatic rings. The third-order valence-corrected chi connectivity index (χ3v) is 3.98. The van der Waals surface area contributed by atoms with E-state index in [0.29, 0.717) is 18.1 Å². The van der Waals surface area contributed by atoms with E-state index in [1.54, 1.807) is 0 Å². The number of aryl methyl sites for hydroxylation is 1. The van der Waals surface area contributed by atoms with Gasteiger partial charge in [0.15, 0.2) is 0 Å². The highest BCUT2D eigenvalue weighted by atomic mass is 16.5. The van der Waals surface area contributed by atoms with Gasteiger partial charge < -0.3 is 10.1 Å². The van der Waals surface area contributed by atoms with Gasteiger partial charge in [0, 0.05) is 36.9 Å². The Morgan fingerprint density at radius 1 is 1.47 bits per heavy atom. The maximum absolute atomic E-state index is 5.85. The summed E-state index contributed by atoms with van der Waals surface area (Å²) in [5.74, 6) is 0.573.